The van der Waals surface area contributed by atoms with Gasteiger partial charge in [-0.25, -0.2) is 4.98 Å². The molecule has 200 valence electrons. The minimum absolute atomic E-state index is 0.272. The molecule has 4 aromatic heterocycles. The van der Waals surface area contributed by atoms with Crippen LogP contribution in [0.5, 0.6) is 5.75 Å². The number of benzene rings is 1. The van der Waals surface area contributed by atoms with E-state index >= 15 is 0 Å². The number of likely N-dealkylation sites (N-methyl/N-ethyl adjacent to an activating group) is 1. The maximum atomic E-state index is 13.4. The highest BCUT2D eigenvalue weighted by Crippen LogP contribution is 2.29. The Morgan fingerprint density at radius 3 is 2.79 bits per heavy atom. The van der Waals surface area contributed by atoms with Gasteiger partial charge in [0.15, 0.2) is 0 Å². The van der Waals surface area contributed by atoms with Crippen LogP contribution < -0.4 is 10.1 Å². The van der Waals surface area contributed by atoms with E-state index in [0.717, 1.165) is 34.4 Å². The molecular formula is C29H31N7O3. The lowest BCUT2D eigenvalue weighted by Gasteiger charge is -2.16. The first kappa shape index (κ1) is 25.0. The minimum Gasteiger partial charge on any atom is -0.486 e. The molecule has 0 saturated carbocycles. The van der Waals surface area contributed by atoms with Crippen molar-refractivity contribution in [2.24, 2.45) is 0 Å². The maximum absolute atomic E-state index is 13.4. The monoisotopic (exact) mass is 525 g/mol. The lowest BCUT2D eigenvalue weighted by atomic mass is 10.1. The van der Waals surface area contributed by atoms with Crippen LogP contribution in [0.25, 0.3) is 16.6 Å². The third kappa shape index (κ3) is 4.84. The summed E-state index contributed by atoms with van der Waals surface area (Å²) < 4.78 is 9.67. The van der Waals surface area contributed by atoms with Crippen molar-refractivity contribution in [1.29, 1.82) is 0 Å². The van der Waals surface area contributed by atoms with E-state index in [4.69, 9.17) is 9.84 Å². The summed E-state index contributed by atoms with van der Waals surface area (Å²) in [5.74, 6) is 0.332. The summed E-state index contributed by atoms with van der Waals surface area (Å²) >= 11 is 0. The van der Waals surface area contributed by atoms with E-state index in [1.807, 2.05) is 60.0 Å². The standard InChI is InChI=1S/C29H31N7O3/c1-4-21-28-22(9-6-10-23(28)36(33-21)15-19-8-5-7-18(2)31-19)32-29(38)24-14-30-27-13-20(11-12-35(24)27)39-26-17-34(3)16-25(26)37/h5-14,25-26,37H,4,15-17H2,1-3H3,(H,32,38)/t25-,26-/m0/s1. The van der Waals surface area contributed by atoms with E-state index in [9.17, 15) is 9.90 Å². The molecule has 0 aliphatic carbocycles. The van der Waals surface area contributed by atoms with Gasteiger partial charge in [0.1, 0.15) is 29.3 Å². The number of aromatic nitrogens is 5. The van der Waals surface area contributed by atoms with Crippen molar-refractivity contribution < 1.29 is 14.6 Å². The number of hydrogen-bond acceptors (Lipinski definition) is 7. The second-order valence-corrected chi connectivity index (χ2v) is 10.1. The SMILES string of the molecule is CCc1nn(Cc2cccc(C)n2)c2cccc(NC(=O)c3cnc4cc(O[C@H]5CN(C)C[C@@H]5O)ccn34)c12. The van der Waals surface area contributed by atoms with E-state index in [-0.39, 0.29) is 12.0 Å². The number of hydrogen-bond donors (Lipinski definition) is 2. The van der Waals surface area contributed by atoms with Gasteiger partial charge in [-0.15, -0.1) is 0 Å². The number of pyridine rings is 2. The fourth-order valence-corrected chi connectivity index (χ4v) is 5.24. The van der Waals surface area contributed by atoms with E-state index in [0.29, 0.717) is 42.4 Å². The van der Waals surface area contributed by atoms with Gasteiger partial charge in [-0.3, -0.25) is 23.8 Å². The van der Waals surface area contributed by atoms with Crippen molar-refractivity contribution in [3.8, 4) is 5.75 Å². The Hall–Kier alpha value is -4.28. The van der Waals surface area contributed by atoms with E-state index in [2.05, 4.69) is 22.2 Å². The lowest BCUT2D eigenvalue weighted by molar-refractivity contribution is 0.0737. The number of fused-ring (bicyclic) bond motifs is 2. The van der Waals surface area contributed by atoms with Crippen LogP contribution in [0.4, 0.5) is 5.69 Å². The van der Waals surface area contributed by atoms with Crippen LogP contribution in [-0.2, 0) is 13.0 Å². The molecule has 0 radical (unpaired) electrons. The fraction of sp³-hybridized carbons (Fsp3) is 0.310. The van der Waals surface area contributed by atoms with Gasteiger partial charge in [0.2, 0.25) is 0 Å². The van der Waals surface area contributed by atoms with Gasteiger partial charge >= 0.3 is 0 Å². The molecule has 2 N–H and O–H groups in total. The van der Waals surface area contributed by atoms with Gasteiger partial charge in [0, 0.05) is 36.4 Å². The Morgan fingerprint density at radius 1 is 1.18 bits per heavy atom. The summed E-state index contributed by atoms with van der Waals surface area (Å²) in [6.45, 7) is 5.80. The molecule has 0 unspecified atom stereocenters. The zero-order valence-corrected chi connectivity index (χ0v) is 22.2. The molecular weight excluding hydrogens is 494 g/mol. The number of rotatable bonds is 7. The Kier molecular flexibility index (Phi) is 6.49. The van der Waals surface area contributed by atoms with Gasteiger partial charge in [0.25, 0.3) is 5.91 Å². The molecule has 1 aliphatic rings. The van der Waals surface area contributed by atoms with Crippen LogP contribution in [-0.4, -0.2) is 72.4 Å². The molecule has 10 heteroatoms. The average Bonchev–Trinajstić information content (AvgIpc) is 3.59. The van der Waals surface area contributed by atoms with Crippen LogP contribution in [0, 0.1) is 6.92 Å². The molecule has 1 amide bonds. The van der Waals surface area contributed by atoms with Crippen LogP contribution in [0.15, 0.2) is 60.9 Å². The van der Waals surface area contributed by atoms with Crippen LogP contribution in [0.1, 0.15) is 34.5 Å². The number of carbonyl (C=O) groups excluding carboxylic acids is 1. The van der Waals surface area contributed by atoms with E-state index < -0.39 is 6.10 Å². The van der Waals surface area contributed by atoms with Crippen molar-refractivity contribution >= 4 is 28.1 Å². The van der Waals surface area contributed by atoms with Crippen LogP contribution >= 0.6 is 0 Å². The number of nitrogens with one attached hydrogen (secondary N) is 1. The van der Waals surface area contributed by atoms with Crippen molar-refractivity contribution in [3.05, 3.63) is 83.7 Å². The predicted octanol–water partition coefficient (Wildman–Crippen LogP) is 3.30. The summed E-state index contributed by atoms with van der Waals surface area (Å²) in [7, 11) is 1.95. The highest BCUT2D eigenvalue weighted by atomic mass is 16.5. The third-order valence-corrected chi connectivity index (χ3v) is 7.12. The fourth-order valence-electron chi connectivity index (χ4n) is 5.24. The summed E-state index contributed by atoms with van der Waals surface area (Å²) in [5.41, 5.74) is 5.43. The molecule has 1 fully saturated rings. The second kappa shape index (κ2) is 10.1. The number of aryl methyl sites for hydroxylation is 2. The first-order valence-corrected chi connectivity index (χ1v) is 13.1. The number of amides is 1. The predicted molar refractivity (Wildman–Crippen MR) is 148 cm³/mol. The number of anilines is 1. The molecule has 0 bridgehead atoms. The van der Waals surface area contributed by atoms with Gasteiger partial charge in [-0.1, -0.05) is 19.1 Å². The molecule has 1 aromatic carbocycles. The number of carbonyl (C=O) groups is 1. The largest absolute Gasteiger partial charge is 0.486 e. The molecule has 1 saturated heterocycles. The zero-order chi connectivity index (χ0) is 27.1. The summed E-state index contributed by atoms with van der Waals surface area (Å²) in [6, 6.07) is 15.4. The maximum Gasteiger partial charge on any atom is 0.274 e. The molecule has 5 aromatic rings. The molecule has 39 heavy (non-hydrogen) atoms. The first-order valence-electron chi connectivity index (χ1n) is 13.1. The second-order valence-electron chi connectivity index (χ2n) is 10.1. The quantitative estimate of drug-likeness (QED) is 0.336. The topological polar surface area (TPSA) is 110 Å². The van der Waals surface area contributed by atoms with Crippen molar-refractivity contribution in [2.75, 3.05) is 25.5 Å². The number of ether oxygens (including phenoxy) is 1. The van der Waals surface area contributed by atoms with E-state index in [1.165, 1.54) is 0 Å². The van der Waals surface area contributed by atoms with E-state index in [1.54, 1.807) is 28.9 Å². The molecule has 10 nitrogen and oxygen atoms in total. The molecule has 2 atom stereocenters. The highest BCUT2D eigenvalue weighted by molar-refractivity contribution is 6.08. The molecule has 0 spiro atoms. The van der Waals surface area contributed by atoms with Crippen molar-refractivity contribution in [1.82, 2.24) is 29.0 Å². The Balaban J connectivity index is 1.26. The first-order chi connectivity index (χ1) is 18.9. The Labute approximate surface area is 225 Å². The number of imidazole rings is 1. The van der Waals surface area contributed by atoms with Gasteiger partial charge in [0.05, 0.1) is 35.3 Å². The zero-order valence-electron chi connectivity index (χ0n) is 22.2. The smallest absolute Gasteiger partial charge is 0.274 e. The Bertz CT molecular complexity index is 1670. The number of aliphatic hydroxyl groups excluding tert-OH is 1. The number of β-amino-alcohol motifs (C(OH)–C–C–N with tert-alkyl or cyclic N) is 1. The number of nitrogens with zero attached hydrogens (tertiary/aromatic N) is 6. The summed E-state index contributed by atoms with van der Waals surface area (Å²) in [6.07, 6.45) is 3.20. The number of aliphatic hydroxyl groups is 1. The molecule has 1 aliphatic heterocycles. The Morgan fingerprint density at radius 2 is 2.03 bits per heavy atom. The average molecular weight is 526 g/mol. The van der Waals surface area contributed by atoms with Gasteiger partial charge in [-0.2, -0.15) is 5.10 Å². The molecule has 5 heterocycles. The van der Waals surface area contributed by atoms with Gasteiger partial charge in [-0.05, 0) is 50.7 Å². The van der Waals surface area contributed by atoms with Crippen LogP contribution in [0.2, 0.25) is 0 Å². The minimum atomic E-state index is -0.541. The number of likely N-dealkylation sites (tertiary alicyclic amines) is 1. The van der Waals surface area contributed by atoms with Crippen LogP contribution in [0.3, 0.4) is 0 Å². The molecule has 6 rings (SSSR count). The summed E-state index contributed by atoms with van der Waals surface area (Å²) in [5, 5.41) is 19.1. The summed E-state index contributed by atoms with van der Waals surface area (Å²) in [4.78, 5) is 24.5. The third-order valence-electron chi connectivity index (χ3n) is 7.12. The van der Waals surface area contributed by atoms with Crippen molar-refractivity contribution in [3.63, 3.8) is 0 Å². The van der Waals surface area contributed by atoms with Gasteiger partial charge < -0.3 is 15.2 Å². The van der Waals surface area contributed by atoms with Crippen molar-refractivity contribution in [2.45, 2.75) is 39.0 Å². The normalized spacial score (nSPS) is 17.7. The highest BCUT2D eigenvalue weighted by Gasteiger charge is 2.31. The lowest BCUT2D eigenvalue weighted by Crippen LogP contribution is -2.29.